The van der Waals surface area contributed by atoms with Gasteiger partial charge in [-0.3, -0.25) is 4.79 Å². The number of thioether (sulfide) groups is 1. The number of carbonyl (C=O) groups excluding carboxylic acids is 1. The molecule has 3 rings (SSSR count). The smallest absolute Gasteiger partial charge is 0.256 e. The van der Waals surface area contributed by atoms with Crippen LogP contribution in [0.2, 0.25) is 0 Å². The summed E-state index contributed by atoms with van der Waals surface area (Å²) in [6.45, 7) is 3.94. The van der Waals surface area contributed by atoms with Crippen LogP contribution in [0, 0.1) is 6.92 Å². The Labute approximate surface area is 163 Å². The van der Waals surface area contributed by atoms with Gasteiger partial charge in [0, 0.05) is 17.5 Å². The number of carbonyl (C=O) groups is 1. The molecule has 2 aromatic carbocycles. The molecule has 5 nitrogen and oxygen atoms in total. The molecule has 6 heteroatoms. The minimum Gasteiger partial charge on any atom is -0.340 e. The SMILES string of the molecule is CCCCc1ccc(NC(=O)c2ccccc2SCc2noc(C)n2)cc1. The first-order chi connectivity index (χ1) is 13.2. The van der Waals surface area contributed by atoms with E-state index in [0.29, 0.717) is 23.0 Å². The van der Waals surface area contributed by atoms with Gasteiger partial charge in [0.1, 0.15) is 0 Å². The van der Waals surface area contributed by atoms with Gasteiger partial charge >= 0.3 is 0 Å². The number of unbranched alkanes of at least 4 members (excludes halogenated alkanes) is 1. The number of rotatable bonds is 8. The first kappa shape index (κ1) is 19.2. The van der Waals surface area contributed by atoms with Gasteiger partial charge in [-0.1, -0.05) is 42.8 Å². The fourth-order valence-electron chi connectivity index (χ4n) is 2.66. The third kappa shape index (κ3) is 5.44. The summed E-state index contributed by atoms with van der Waals surface area (Å²) in [6, 6.07) is 15.6. The second-order valence-electron chi connectivity index (χ2n) is 6.27. The number of nitrogens with zero attached hydrogens (tertiary/aromatic N) is 2. The summed E-state index contributed by atoms with van der Waals surface area (Å²) in [6.07, 6.45) is 3.42. The third-order valence-electron chi connectivity index (χ3n) is 4.09. The highest BCUT2D eigenvalue weighted by Crippen LogP contribution is 2.26. The average molecular weight is 382 g/mol. The molecule has 1 amide bonds. The summed E-state index contributed by atoms with van der Waals surface area (Å²) in [5.41, 5.74) is 2.73. The van der Waals surface area contributed by atoms with Crippen LogP contribution < -0.4 is 5.32 Å². The number of anilines is 1. The second kappa shape index (κ2) is 9.37. The fourth-order valence-corrected chi connectivity index (χ4v) is 3.55. The molecule has 27 heavy (non-hydrogen) atoms. The monoisotopic (exact) mass is 381 g/mol. The molecule has 0 atom stereocenters. The maximum atomic E-state index is 12.7. The van der Waals surface area contributed by atoms with Crippen LogP contribution in [0.15, 0.2) is 57.9 Å². The van der Waals surface area contributed by atoms with Crippen LogP contribution in [-0.4, -0.2) is 16.0 Å². The zero-order valence-corrected chi connectivity index (χ0v) is 16.4. The normalized spacial score (nSPS) is 10.7. The highest BCUT2D eigenvalue weighted by molar-refractivity contribution is 7.98. The summed E-state index contributed by atoms with van der Waals surface area (Å²) in [5.74, 6) is 1.59. The molecule has 0 unspecified atom stereocenters. The molecule has 1 N–H and O–H groups in total. The van der Waals surface area contributed by atoms with E-state index in [1.54, 1.807) is 6.92 Å². The van der Waals surface area contributed by atoms with Crippen LogP contribution in [-0.2, 0) is 12.2 Å². The summed E-state index contributed by atoms with van der Waals surface area (Å²) in [7, 11) is 0. The van der Waals surface area contributed by atoms with E-state index in [1.807, 2.05) is 36.4 Å². The largest absolute Gasteiger partial charge is 0.340 e. The Hall–Kier alpha value is -2.60. The van der Waals surface area contributed by atoms with E-state index in [9.17, 15) is 4.79 Å². The molecular formula is C21H23N3O2S. The van der Waals surface area contributed by atoms with Crippen LogP contribution in [0.4, 0.5) is 5.69 Å². The van der Waals surface area contributed by atoms with Crippen molar-refractivity contribution in [3.8, 4) is 0 Å². The lowest BCUT2D eigenvalue weighted by atomic mass is 10.1. The van der Waals surface area contributed by atoms with E-state index in [4.69, 9.17) is 4.52 Å². The van der Waals surface area contributed by atoms with Gasteiger partial charge in [0.25, 0.3) is 5.91 Å². The Morgan fingerprint density at radius 1 is 1.15 bits per heavy atom. The maximum absolute atomic E-state index is 12.7. The lowest BCUT2D eigenvalue weighted by molar-refractivity contribution is 0.102. The Kier molecular flexibility index (Phi) is 6.65. The molecule has 1 aromatic heterocycles. The molecule has 0 saturated heterocycles. The number of amides is 1. The number of hydrogen-bond donors (Lipinski definition) is 1. The topological polar surface area (TPSA) is 68.0 Å². The molecule has 0 saturated carbocycles. The van der Waals surface area contributed by atoms with Crippen molar-refractivity contribution in [1.82, 2.24) is 10.1 Å². The Bertz CT molecular complexity index is 890. The molecule has 0 aliphatic carbocycles. The van der Waals surface area contributed by atoms with Crippen molar-refractivity contribution in [2.45, 2.75) is 43.8 Å². The number of aryl methyl sites for hydroxylation is 2. The van der Waals surface area contributed by atoms with Crippen LogP contribution >= 0.6 is 11.8 Å². The van der Waals surface area contributed by atoms with Gasteiger partial charge in [-0.15, -0.1) is 11.8 Å². The Morgan fingerprint density at radius 2 is 1.93 bits per heavy atom. The highest BCUT2D eigenvalue weighted by Gasteiger charge is 2.13. The van der Waals surface area contributed by atoms with E-state index in [1.165, 1.54) is 30.2 Å². The molecule has 1 heterocycles. The quantitative estimate of drug-likeness (QED) is 0.539. The fraction of sp³-hybridized carbons (Fsp3) is 0.286. The third-order valence-corrected chi connectivity index (χ3v) is 5.16. The first-order valence-electron chi connectivity index (χ1n) is 9.07. The summed E-state index contributed by atoms with van der Waals surface area (Å²) in [5, 5.41) is 6.88. The zero-order chi connectivity index (χ0) is 19.1. The van der Waals surface area contributed by atoms with E-state index < -0.39 is 0 Å². The van der Waals surface area contributed by atoms with E-state index >= 15 is 0 Å². The highest BCUT2D eigenvalue weighted by atomic mass is 32.2. The van der Waals surface area contributed by atoms with Crippen molar-refractivity contribution >= 4 is 23.4 Å². The number of nitrogens with one attached hydrogen (secondary N) is 1. The predicted octanol–water partition coefficient (Wildman–Crippen LogP) is 5.27. The maximum Gasteiger partial charge on any atom is 0.256 e. The predicted molar refractivity (Wildman–Crippen MR) is 108 cm³/mol. The minimum absolute atomic E-state index is 0.122. The van der Waals surface area contributed by atoms with E-state index in [0.717, 1.165) is 17.0 Å². The lowest BCUT2D eigenvalue weighted by Crippen LogP contribution is -2.13. The Morgan fingerprint density at radius 3 is 2.63 bits per heavy atom. The van der Waals surface area contributed by atoms with Gasteiger partial charge in [0.2, 0.25) is 5.89 Å². The van der Waals surface area contributed by atoms with Crippen molar-refractivity contribution in [3.63, 3.8) is 0 Å². The van der Waals surface area contributed by atoms with Crippen LogP contribution in [0.25, 0.3) is 0 Å². The van der Waals surface area contributed by atoms with Gasteiger partial charge in [-0.2, -0.15) is 4.98 Å². The van der Waals surface area contributed by atoms with Gasteiger partial charge in [0.05, 0.1) is 11.3 Å². The second-order valence-corrected chi connectivity index (χ2v) is 7.29. The van der Waals surface area contributed by atoms with Crippen LogP contribution in [0.5, 0.6) is 0 Å². The van der Waals surface area contributed by atoms with Crippen molar-refractivity contribution in [1.29, 1.82) is 0 Å². The first-order valence-corrected chi connectivity index (χ1v) is 10.1. The molecule has 0 aliphatic heterocycles. The molecule has 3 aromatic rings. The summed E-state index contributed by atoms with van der Waals surface area (Å²) >= 11 is 1.52. The van der Waals surface area contributed by atoms with Crippen molar-refractivity contribution in [2.75, 3.05) is 5.32 Å². The Balaban J connectivity index is 1.65. The van der Waals surface area contributed by atoms with Crippen LogP contribution in [0.1, 0.15) is 47.4 Å². The van der Waals surface area contributed by atoms with E-state index in [2.05, 4.69) is 34.5 Å². The van der Waals surface area contributed by atoms with Crippen molar-refractivity contribution in [3.05, 3.63) is 71.4 Å². The van der Waals surface area contributed by atoms with Crippen LogP contribution in [0.3, 0.4) is 0 Å². The summed E-state index contributed by atoms with van der Waals surface area (Å²) < 4.78 is 4.99. The molecule has 140 valence electrons. The standard InChI is InChI=1S/C21H23N3O2S/c1-3-4-7-16-10-12-17(13-11-16)23-21(25)18-8-5-6-9-19(18)27-14-20-22-15(2)26-24-20/h5-6,8-13H,3-4,7,14H2,1-2H3,(H,23,25). The molecular weight excluding hydrogens is 358 g/mol. The molecule has 0 radical (unpaired) electrons. The van der Waals surface area contributed by atoms with Gasteiger partial charge in [-0.25, -0.2) is 0 Å². The minimum atomic E-state index is -0.122. The average Bonchev–Trinajstić information content (AvgIpc) is 3.11. The van der Waals surface area contributed by atoms with Gasteiger partial charge in [-0.05, 0) is 42.7 Å². The molecule has 0 aliphatic rings. The van der Waals surface area contributed by atoms with Crippen molar-refractivity contribution in [2.24, 2.45) is 0 Å². The molecule has 0 bridgehead atoms. The zero-order valence-electron chi connectivity index (χ0n) is 15.6. The number of hydrogen-bond acceptors (Lipinski definition) is 5. The number of aromatic nitrogens is 2. The molecule has 0 fully saturated rings. The summed E-state index contributed by atoms with van der Waals surface area (Å²) in [4.78, 5) is 17.8. The number of benzene rings is 2. The van der Waals surface area contributed by atoms with Gasteiger partial charge < -0.3 is 9.84 Å². The van der Waals surface area contributed by atoms with Crippen molar-refractivity contribution < 1.29 is 9.32 Å². The lowest BCUT2D eigenvalue weighted by Gasteiger charge is -2.10. The van der Waals surface area contributed by atoms with E-state index in [-0.39, 0.29) is 5.91 Å². The van der Waals surface area contributed by atoms with Gasteiger partial charge in [0.15, 0.2) is 5.82 Å². The molecule has 0 spiro atoms.